The molecule has 1 aromatic heterocycles. The van der Waals surface area contributed by atoms with Crippen molar-refractivity contribution in [1.82, 2.24) is 5.32 Å². The van der Waals surface area contributed by atoms with Gasteiger partial charge < -0.3 is 5.32 Å². The molecule has 0 saturated carbocycles. The van der Waals surface area contributed by atoms with E-state index in [4.69, 9.17) is 0 Å². The van der Waals surface area contributed by atoms with Gasteiger partial charge in [0.1, 0.15) is 0 Å². The van der Waals surface area contributed by atoms with Crippen molar-refractivity contribution in [3.05, 3.63) is 35.0 Å². The fourth-order valence-corrected chi connectivity index (χ4v) is 2.29. The first-order valence-electron chi connectivity index (χ1n) is 5.23. The number of thiophene rings is 1. The molecule has 1 rings (SSSR count). The second kappa shape index (κ2) is 6.80. The van der Waals surface area contributed by atoms with Gasteiger partial charge in [-0.25, -0.2) is 0 Å². The van der Waals surface area contributed by atoms with Crippen LogP contribution in [0.15, 0.2) is 30.2 Å². The Morgan fingerprint density at radius 2 is 2.50 bits per heavy atom. The molecule has 0 aromatic carbocycles. The van der Waals surface area contributed by atoms with Crippen LogP contribution in [0, 0.1) is 0 Å². The highest BCUT2D eigenvalue weighted by Gasteiger charge is 2.05. The van der Waals surface area contributed by atoms with Gasteiger partial charge >= 0.3 is 0 Å². The molecule has 1 aromatic rings. The van der Waals surface area contributed by atoms with Crippen molar-refractivity contribution < 1.29 is 0 Å². The lowest BCUT2D eigenvalue weighted by atomic mass is 10.1. The quantitative estimate of drug-likeness (QED) is 0.680. The van der Waals surface area contributed by atoms with Crippen molar-refractivity contribution in [3.8, 4) is 0 Å². The molecule has 1 unspecified atom stereocenters. The van der Waals surface area contributed by atoms with E-state index >= 15 is 0 Å². The minimum atomic E-state index is 0.597. The van der Waals surface area contributed by atoms with E-state index in [1.807, 2.05) is 17.4 Å². The highest BCUT2D eigenvalue weighted by molar-refractivity contribution is 7.09. The number of hydrogen-bond donors (Lipinski definition) is 1. The normalized spacial score (nSPS) is 12.6. The van der Waals surface area contributed by atoms with E-state index < -0.39 is 0 Å². The molecule has 1 heterocycles. The molecule has 14 heavy (non-hydrogen) atoms. The number of aryl methyl sites for hydroxylation is 1. The van der Waals surface area contributed by atoms with Gasteiger partial charge in [0.2, 0.25) is 0 Å². The van der Waals surface area contributed by atoms with Crippen LogP contribution >= 0.6 is 11.3 Å². The molecule has 0 aliphatic rings. The lowest BCUT2D eigenvalue weighted by Gasteiger charge is -2.15. The summed E-state index contributed by atoms with van der Waals surface area (Å²) in [5.74, 6) is 0. The van der Waals surface area contributed by atoms with E-state index in [9.17, 15) is 0 Å². The molecule has 0 aliphatic carbocycles. The second-order valence-electron chi connectivity index (χ2n) is 3.40. The predicted octanol–water partition coefficient (Wildman–Crippen LogP) is 3.23. The molecule has 0 amide bonds. The highest BCUT2D eigenvalue weighted by atomic mass is 32.1. The van der Waals surface area contributed by atoms with Crippen molar-refractivity contribution in [2.75, 3.05) is 6.54 Å². The monoisotopic (exact) mass is 209 g/mol. The average Bonchev–Trinajstić information content (AvgIpc) is 2.67. The summed E-state index contributed by atoms with van der Waals surface area (Å²) in [5, 5.41) is 5.62. The Kier molecular flexibility index (Phi) is 5.57. The van der Waals surface area contributed by atoms with Gasteiger partial charge in [-0.3, -0.25) is 0 Å². The van der Waals surface area contributed by atoms with Crippen molar-refractivity contribution in [2.24, 2.45) is 0 Å². The first-order chi connectivity index (χ1) is 6.86. The molecule has 78 valence electrons. The molecule has 0 spiro atoms. The Bertz CT molecular complexity index is 241. The fraction of sp³-hybridized carbons (Fsp3) is 0.500. The molecule has 1 atom stereocenters. The minimum Gasteiger partial charge on any atom is -0.314 e. The lowest BCUT2D eigenvalue weighted by molar-refractivity contribution is 0.500. The van der Waals surface area contributed by atoms with Crippen LogP contribution < -0.4 is 5.32 Å². The van der Waals surface area contributed by atoms with Gasteiger partial charge in [0.05, 0.1) is 0 Å². The van der Waals surface area contributed by atoms with Crippen LogP contribution in [0.1, 0.15) is 24.6 Å². The Labute approximate surface area is 90.9 Å². The van der Waals surface area contributed by atoms with Crippen LogP contribution in [-0.4, -0.2) is 12.6 Å². The molecular weight excluding hydrogens is 190 g/mol. The van der Waals surface area contributed by atoms with Gasteiger partial charge in [-0.15, -0.1) is 17.9 Å². The van der Waals surface area contributed by atoms with E-state index in [1.165, 1.54) is 17.7 Å². The summed E-state index contributed by atoms with van der Waals surface area (Å²) >= 11 is 1.85. The molecule has 0 aliphatic heterocycles. The van der Waals surface area contributed by atoms with Gasteiger partial charge in [0.25, 0.3) is 0 Å². The van der Waals surface area contributed by atoms with Crippen LogP contribution in [0.5, 0.6) is 0 Å². The van der Waals surface area contributed by atoms with Crippen molar-refractivity contribution in [1.29, 1.82) is 0 Å². The maximum absolute atomic E-state index is 3.79. The van der Waals surface area contributed by atoms with E-state index in [0.29, 0.717) is 6.04 Å². The first kappa shape index (κ1) is 11.5. The zero-order valence-corrected chi connectivity index (χ0v) is 9.65. The Morgan fingerprint density at radius 3 is 3.07 bits per heavy atom. The Hall–Kier alpha value is -0.600. The van der Waals surface area contributed by atoms with Gasteiger partial charge in [-0.05, 0) is 37.3 Å². The van der Waals surface area contributed by atoms with Crippen LogP contribution in [0.4, 0.5) is 0 Å². The smallest absolute Gasteiger partial charge is 0.0105 e. The maximum Gasteiger partial charge on any atom is 0.0105 e. The predicted molar refractivity (Wildman–Crippen MR) is 64.9 cm³/mol. The van der Waals surface area contributed by atoms with Crippen LogP contribution in [-0.2, 0) is 6.42 Å². The Morgan fingerprint density at radius 1 is 1.64 bits per heavy atom. The zero-order chi connectivity index (χ0) is 10.2. The fourth-order valence-electron chi connectivity index (χ4n) is 1.56. The summed E-state index contributed by atoms with van der Waals surface area (Å²) in [4.78, 5) is 1.48. The summed E-state index contributed by atoms with van der Waals surface area (Å²) in [5.41, 5.74) is 0. The molecule has 2 heteroatoms. The summed E-state index contributed by atoms with van der Waals surface area (Å²) in [6, 6.07) is 4.93. The first-order valence-corrected chi connectivity index (χ1v) is 6.11. The largest absolute Gasteiger partial charge is 0.314 e. The van der Waals surface area contributed by atoms with E-state index in [-0.39, 0.29) is 0 Å². The third kappa shape index (κ3) is 4.07. The molecule has 0 radical (unpaired) electrons. The summed E-state index contributed by atoms with van der Waals surface area (Å²) in [6.45, 7) is 6.99. The zero-order valence-electron chi connectivity index (χ0n) is 8.83. The van der Waals surface area contributed by atoms with Gasteiger partial charge in [0.15, 0.2) is 0 Å². The van der Waals surface area contributed by atoms with Crippen molar-refractivity contribution in [2.45, 2.75) is 32.2 Å². The third-order valence-corrected chi connectivity index (χ3v) is 3.20. The standard InChI is InChI=1S/C12H19NS/c1-3-6-11(13-4-2)8-9-12-7-5-10-14-12/h3,5,7,10-11,13H,1,4,6,8-9H2,2H3. The summed E-state index contributed by atoms with van der Waals surface area (Å²) in [7, 11) is 0. The van der Waals surface area contributed by atoms with E-state index in [2.05, 4.69) is 36.3 Å². The van der Waals surface area contributed by atoms with E-state index in [0.717, 1.165) is 13.0 Å². The summed E-state index contributed by atoms with van der Waals surface area (Å²) in [6.07, 6.45) is 5.46. The van der Waals surface area contributed by atoms with E-state index in [1.54, 1.807) is 0 Å². The molecule has 1 N–H and O–H groups in total. The van der Waals surface area contributed by atoms with Crippen LogP contribution in [0.25, 0.3) is 0 Å². The van der Waals surface area contributed by atoms with Crippen LogP contribution in [0.2, 0.25) is 0 Å². The van der Waals surface area contributed by atoms with Crippen molar-refractivity contribution >= 4 is 11.3 Å². The average molecular weight is 209 g/mol. The van der Waals surface area contributed by atoms with Gasteiger partial charge in [-0.1, -0.05) is 19.1 Å². The molecule has 0 bridgehead atoms. The number of rotatable bonds is 7. The molecule has 0 fully saturated rings. The van der Waals surface area contributed by atoms with Crippen LogP contribution in [0.3, 0.4) is 0 Å². The Balaban J connectivity index is 2.28. The van der Waals surface area contributed by atoms with Crippen molar-refractivity contribution in [3.63, 3.8) is 0 Å². The second-order valence-corrected chi connectivity index (χ2v) is 4.43. The molecule has 1 nitrogen and oxygen atoms in total. The molecular formula is C12H19NS. The number of hydrogen-bond acceptors (Lipinski definition) is 2. The van der Waals surface area contributed by atoms with Gasteiger partial charge in [-0.2, -0.15) is 0 Å². The minimum absolute atomic E-state index is 0.597. The van der Waals surface area contributed by atoms with Gasteiger partial charge in [0, 0.05) is 10.9 Å². The maximum atomic E-state index is 3.79. The third-order valence-electron chi connectivity index (χ3n) is 2.26. The lowest BCUT2D eigenvalue weighted by Crippen LogP contribution is -2.28. The number of nitrogens with one attached hydrogen (secondary N) is 1. The highest BCUT2D eigenvalue weighted by Crippen LogP contribution is 2.13. The molecule has 0 saturated heterocycles. The summed E-state index contributed by atoms with van der Waals surface area (Å²) < 4.78 is 0. The topological polar surface area (TPSA) is 12.0 Å². The SMILES string of the molecule is C=CCC(CCc1cccs1)NCC.